The number of halogens is 2. The predicted octanol–water partition coefficient (Wildman–Crippen LogP) is 3.80. The summed E-state index contributed by atoms with van der Waals surface area (Å²) < 4.78 is 0. The lowest BCUT2D eigenvalue weighted by molar-refractivity contribution is -0.385. The van der Waals surface area contributed by atoms with Crippen LogP contribution in [0.5, 0.6) is 0 Å². The molecule has 22 heavy (non-hydrogen) atoms. The summed E-state index contributed by atoms with van der Waals surface area (Å²) in [4.78, 5) is 15.9. The lowest BCUT2D eigenvalue weighted by atomic mass is 10.2. The first-order chi connectivity index (χ1) is 10.4. The van der Waals surface area contributed by atoms with Crippen LogP contribution in [-0.2, 0) is 6.54 Å². The summed E-state index contributed by atoms with van der Waals surface area (Å²) in [6, 6.07) is 9.75. The molecule has 0 amide bonds. The maximum atomic E-state index is 10.8. The molecule has 1 aromatic carbocycles. The number of pyridine rings is 1. The largest absolute Gasteiger partial charge is 0.355 e. The normalized spacial score (nSPS) is 10.1. The molecule has 0 aliphatic carbocycles. The molecule has 0 saturated carbocycles. The Morgan fingerprint density at radius 2 is 2.05 bits per heavy atom. The van der Waals surface area contributed by atoms with E-state index in [1.807, 2.05) is 6.07 Å². The smallest absolute Gasteiger partial charge is 0.305 e. The lowest BCUT2D eigenvalue weighted by Gasteiger charge is -2.18. The summed E-state index contributed by atoms with van der Waals surface area (Å²) >= 11 is 11.8. The standard InChI is InChI=1S/C14H10Cl2N4O2/c1-19(8-9-2-3-10(15)11(16)6-9)14-5-4-13(20(21)22)12(7-17)18-14/h2-6H,8H2,1H3. The van der Waals surface area contributed by atoms with E-state index in [0.717, 1.165) is 5.56 Å². The lowest BCUT2D eigenvalue weighted by Crippen LogP contribution is -2.18. The molecular weight excluding hydrogens is 327 g/mol. The fraction of sp³-hybridized carbons (Fsp3) is 0.143. The Labute approximate surface area is 136 Å². The van der Waals surface area contributed by atoms with Crippen molar-refractivity contribution < 1.29 is 4.92 Å². The zero-order valence-electron chi connectivity index (χ0n) is 11.5. The fourth-order valence-electron chi connectivity index (χ4n) is 1.88. The summed E-state index contributed by atoms with van der Waals surface area (Å²) in [7, 11) is 1.76. The molecule has 1 aromatic heterocycles. The summed E-state index contributed by atoms with van der Waals surface area (Å²) in [6.07, 6.45) is 0. The van der Waals surface area contributed by atoms with Crippen molar-refractivity contribution in [2.45, 2.75) is 6.54 Å². The van der Waals surface area contributed by atoms with Crippen molar-refractivity contribution in [3.05, 3.63) is 61.7 Å². The van der Waals surface area contributed by atoms with E-state index in [4.69, 9.17) is 28.5 Å². The zero-order chi connectivity index (χ0) is 16.3. The van der Waals surface area contributed by atoms with Gasteiger partial charge >= 0.3 is 5.69 Å². The number of nitriles is 1. The number of rotatable bonds is 4. The van der Waals surface area contributed by atoms with Gasteiger partial charge in [0.25, 0.3) is 0 Å². The molecule has 112 valence electrons. The van der Waals surface area contributed by atoms with Crippen LogP contribution >= 0.6 is 23.2 Å². The number of anilines is 1. The van der Waals surface area contributed by atoms with Gasteiger partial charge in [0.1, 0.15) is 11.9 Å². The van der Waals surface area contributed by atoms with Gasteiger partial charge in [-0.25, -0.2) is 4.98 Å². The van der Waals surface area contributed by atoms with E-state index >= 15 is 0 Å². The SMILES string of the molecule is CN(Cc1ccc(Cl)c(Cl)c1)c1ccc([N+](=O)[O-])c(C#N)n1. The molecule has 2 rings (SSSR count). The van der Waals surface area contributed by atoms with Crippen molar-refractivity contribution in [1.29, 1.82) is 5.26 Å². The minimum Gasteiger partial charge on any atom is -0.355 e. The van der Waals surface area contributed by atoms with Crippen molar-refractivity contribution in [3.8, 4) is 6.07 Å². The van der Waals surface area contributed by atoms with Crippen molar-refractivity contribution in [1.82, 2.24) is 4.98 Å². The highest BCUT2D eigenvalue weighted by molar-refractivity contribution is 6.42. The van der Waals surface area contributed by atoms with Crippen LogP contribution in [0.25, 0.3) is 0 Å². The van der Waals surface area contributed by atoms with Crippen molar-refractivity contribution >= 4 is 34.7 Å². The maximum absolute atomic E-state index is 10.8. The van der Waals surface area contributed by atoms with Gasteiger partial charge in [-0.15, -0.1) is 0 Å². The molecule has 0 spiro atoms. The van der Waals surface area contributed by atoms with Crippen molar-refractivity contribution in [3.63, 3.8) is 0 Å². The van der Waals surface area contributed by atoms with Crippen LogP contribution in [0.4, 0.5) is 11.5 Å². The summed E-state index contributed by atoms with van der Waals surface area (Å²) in [6.45, 7) is 0.465. The Balaban J connectivity index is 2.26. The highest BCUT2D eigenvalue weighted by Crippen LogP contribution is 2.25. The van der Waals surface area contributed by atoms with Crippen molar-refractivity contribution in [2.24, 2.45) is 0 Å². The Hall–Kier alpha value is -2.36. The topological polar surface area (TPSA) is 83.1 Å². The molecule has 6 nitrogen and oxygen atoms in total. The van der Waals surface area contributed by atoms with Gasteiger partial charge in [0.2, 0.25) is 5.69 Å². The summed E-state index contributed by atoms with van der Waals surface area (Å²) in [5, 5.41) is 20.7. The first kappa shape index (κ1) is 16.0. The van der Waals surface area contributed by atoms with Crippen LogP contribution in [0.15, 0.2) is 30.3 Å². The summed E-state index contributed by atoms with van der Waals surface area (Å²) in [5.74, 6) is 0.452. The number of nitrogens with zero attached hydrogens (tertiary/aromatic N) is 4. The van der Waals surface area contributed by atoms with Gasteiger partial charge < -0.3 is 4.90 Å². The van der Waals surface area contributed by atoms with Gasteiger partial charge in [-0.1, -0.05) is 29.3 Å². The average molecular weight is 337 g/mol. The Kier molecular flexibility index (Phi) is 4.81. The zero-order valence-corrected chi connectivity index (χ0v) is 13.0. The van der Waals surface area contributed by atoms with Crippen LogP contribution < -0.4 is 4.90 Å². The highest BCUT2D eigenvalue weighted by Gasteiger charge is 2.17. The first-order valence-electron chi connectivity index (χ1n) is 6.13. The van der Waals surface area contributed by atoms with Crippen LogP contribution in [0.3, 0.4) is 0 Å². The average Bonchev–Trinajstić information content (AvgIpc) is 2.50. The first-order valence-corrected chi connectivity index (χ1v) is 6.88. The molecule has 0 unspecified atom stereocenters. The van der Waals surface area contributed by atoms with E-state index in [0.29, 0.717) is 22.4 Å². The molecule has 0 aliphatic rings. The van der Waals surface area contributed by atoms with E-state index in [-0.39, 0.29) is 11.4 Å². The van der Waals surface area contributed by atoms with Gasteiger partial charge in [0.05, 0.1) is 15.0 Å². The number of aromatic nitrogens is 1. The van der Waals surface area contributed by atoms with Gasteiger partial charge in [-0.05, 0) is 23.8 Å². The summed E-state index contributed by atoms with van der Waals surface area (Å²) in [5.41, 5.74) is 0.369. The molecule has 0 saturated heterocycles. The Bertz CT molecular complexity index is 774. The molecule has 0 fully saturated rings. The molecule has 0 bridgehead atoms. The van der Waals surface area contributed by atoms with E-state index in [1.165, 1.54) is 12.1 Å². The number of benzene rings is 1. The highest BCUT2D eigenvalue weighted by atomic mass is 35.5. The van der Waals surface area contributed by atoms with Gasteiger partial charge in [-0.2, -0.15) is 5.26 Å². The second kappa shape index (κ2) is 6.60. The number of hydrogen-bond acceptors (Lipinski definition) is 5. The third-order valence-corrected chi connectivity index (χ3v) is 3.70. The monoisotopic (exact) mass is 336 g/mol. The van der Waals surface area contributed by atoms with Gasteiger partial charge in [-0.3, -0.25) is 10.1 Å². The second-order valence-corrected chi connectivity index (χ2v) is 5.33. The van der Waals surface area contributed by atoms with E-state index in [1.54, 1.807) is 30.1 Å². The Morgan fingerprint density at radius 3 is 2.64 bits per heavy atom. The molecule has 8 heteroatoms. The second-order valence-electron chi connectivity index (χ2n) is 4.51. The van der Waals surface area contributed by atoms with Crippen LogP contribution in [0.1, 0.15) is 11.3 Å². The minimum atomic E-state index is -0.631. The van der Waals surface area contributed by atoms with Crippen LogP contribution in [-0.4, -0.2) is 17.0 Å². The molecule has 0 aliphatic heterocycles. The van der Waals surface area contributed by atoms with E-state index in [2.05, 4.69) is 4.98 Å². The predicted molar refractivity (Wildman–Crippen MR) is 84.2 cm³/mol. The van der Waals surface area contributed by atoms with E-state index < -0.39 is 4.92 Å². The third-order valence-electron chi connectivity index (χ3n) is 2.96. The number of nitro groups is 1. The van der Waals surface area contributed by atoms with Crippen LogP contribution in [0.2, 0.25) is 10.0 Å². The van der Waals surface area contributed by atoms with Crippen molar-refractivity contribution in [2.75, 3.05) is 11.9 Å². The Morgan fingerprint density at radius 1 is 1.32 bits per heavy atom. The third kappa shape index (κ3) is 3.45. The fourth-order valence-corrected chi connectivity index (χ4v) is 2.20. The molecule has 2 aromatic rings. The van der Waals surface area contributed by atoms with Gasteiger partial charge in [0, 0.05) is 19.7 Å². The quantitative estimate of drug-likeness (QED) is 0.626. The number of hydrogen-bond donors (Lipinski definition) is 0. The maximum Gasteiger partial charge on any atom is 0.305 e. The van der Waals surface area contributed by atoms with E-state index in [9.17, 15) is 10.1 Å². The molecular formula is C14H10Cl2N4O2. The molecule has 0 N–H and O–H groups in total. The molecule has 0 radical (unpaired) electrons. The molecule has 0 atom stereocenters. The minimum absolute atomic E-state index is 0.219. The molecule has 1 heterocycles. The van der Waals surface area contributed by atoms with Gasteiger partial charge in [0.15, 0.2) is 0 Å². The van der Waals surface area contributed by atoms with Crippen LogP contribution in [0, 0.1) is 21.4 Å².